The highest BCUT2D eigenvalue weighted by Gasteiger charge is 2.30. The standard InChI is InChI=1S/C26H44N6/c1-3-27-26(29-24-13-16-32(21-24)25-7-4-5-8-25)28-19-22-9-11-23(12-10-22)20-31-15-6-14-30(2)17-18-31/h9-12,24-25H,3-8,13-21H2,1-2H3,(H2,27,28,29). The van der Waals surface area contributed by atoms with Gasteiger partial charge in [-0.2, -0.15) is 0 Å². The van der Waals surface area contributed by atoms with Gasteiger partial charge in [-0.3, -0.25) is 9.80 Å². The van der Waals surface area contributed by atoms with Crippen LogP contribution in [0.5, 0.6) is 0 Å². The van der Waals surface area contributed by atoms with E-state index in [2.05, 4.69) is 63.6 Å². The van der Waals surface area contributed by atoms with E-state index in [4.69, 9.17) is 4.99 Å². The molecule has 3 aliphatic rings. The maximum absolute atomic E-state index is 4.90. The SMILES string of the molecule is CCNC(=NCc1ccc(CN2CCCN(C)CC2)cc1)NC1CCN(C2CCCC2)C1. The largest absolute Gasteiger partial charge is 0.357 e. The molecule has 6 nitrogen and oxygen atoms in total. The number of benzene rings is 1. The van der Waals surface area contributed by atoms with Crippen molar-refractivity contribution in [3.63, 3.8) is 0 Å². The third-order valence-electron chi connectivity index (χ3n) is 7.41. The number of likely N-dealkylation sites (N-methyl/N-ethyl adjacent to an activating group) is 1. The van der Waals surface area contributed by atoms with Crippen LogP contribution in [-0.4, -0.2) is 85.6 Å². The molecule has 6 heteroatoms. The number of rotatable bonds is 7. The Kier molecular flexibility index (Phi) is 8.83. The molecule has 1 aromatic rings. The van der Waals surface area contributed by atoms with Gasteiger partial charge < -0.3 is 15.5 Å². The zero-order valence-electron chi connectivity index (χ0n) is 20.4. The van der Waals surface area contributed by atoms with Gasteiger partial charge in [0.2, 0.25) is 0 Å². The summed E-state index contributed by atoms with van der Waals surface area (Å²) in [6.07, 6.45) is 8.11. The predicted octanol–water partition coefficient (Wildman–Crippen LogP) is 2.90. The van der Waals surface area contributed by atoms with Crippen molar-refractivity contribution in [3.05, 3.63) is 35.4 Å². The number of hydrogen-bond donors (Lipinski definition) is 2. The van der Waals surface area contributed by atoms with Crippen molar-refractivity contribution in [1.29, 1.82) is 0 Å². The molecule has 0 radical (unpaired) electrons. The molecule has 1 atom stereocenters. The number of nitrogens with zero attached hydrogens (tertiary/aromatic N) is 4. The Bertz CT molecular complexity index is 712. The van der Waals surface area contributed by atoms with Crippen LogP contribution in [0.1, 0.15) is 56.6 Å². The Morgan fingerprint density at radius 1 is 0.938 bits per heavy atom. The van der Waals surface area contributed by atoms with Crippen LogP contribution in [0.4, 0.5) is 0 Å². The van der Waals surface area contributed by atoms with Gasteiger partial charge in [0.15, 0.2) is 5.96 Å². The summed E-state index contributed by atoms with van der Waals surface area (Å²) in [6.45, 7) is 12.0. The van der Waals surface area contributed by atoms with Gasteiger partial charge in [0.05, 0.1) is 6.54 Å². The first-order valence-corrected chi connectivity index (χ1v) is 13.0. The van der Waals surface area contributed by atoms with E-state index in [9.17, 15) is 0 Å². The number of nitrogens with one attached hydrogen (secondary N) is 2. The van der Waals surface area contributed by atoms with Crippen molar-refractivity contribution >= 4 is 5.96 Å². The lowest BCUT2D eigenvalue weighted by molar-refractivity contribution is 0.242. The van der Waals surface area contributed by atoms with Gasteiger partial charge in [-0.15, -0.1) is 0 Å². The number of likely N-dealkylation sites (tertiary alicyclic amines) is 1. The van der Waals surface area contributed by atoms with E-state index >= 15 is 0 Å². The second-order valence-electron chi connectivity index (χ2n) is 10.0. The average molecular weight is 441 g/mol. The quantitative estimate of drug-likeness (QED) is 0.504. The highest BCUT2D eigenvalue weighted by molar-refractivity contribution is 5.80. The fourth-order valence-electron chi connectivity index (χ4n) is 5.46. The van der Waals surface area contributed by atoms with Crippen LogP contribution in [-0.2, 0) is 13.1 Å². The zero-order chi connectivity index (χ0) is 22.2. The van der Waals surface area contributed by atoms with E-state index in [0.29, 0.717) is 6.04 Å². The molecule has 0 amide bonds. The third-order valence-corrected chi connectivity index (χ3v) is 7.41. The lowest BCUT2D eigenvalue weighted by atomic mass is 10.1. The molecule has 0 bridgehead atoms. The highest BCUT2D eigenvalue weighted by atomic mass is 15.3. The minimum absolute atomic E-state index is 0.517. The molecule has 1 aliphatic carbocycles. The summed E-state index contributed by atoms with van der Waals surface area (Å²) < 4.78 is 0. The summed E-state index contributed by atoms with van der Waals surface area (Å²) in [6, 6.07) is 10.4. The van der Waals surface area contributed by atoms with Crippen LogP contribution in [0, 0.1) is 0 Å². The van der Waals surface area contributed by atoms with Crippen molar-refractivity contribution in [3.8, 4) is 0 Å². The molecule has 178 valence electrons. The summed E-state index contributed by atoms with van der Waals surface area (Å²) in [7, 11) is 2.23. The molecular weight excluding hydrogens is 396 g/mol. The molecule has 1 unspecified atom stereocenters. The average Bonchev–Trinajstić information content (AvgIpc) is 3.45. The first-order chi connectivity index (χ1) is 15.7. The van der Waals surface area contributed by atoms with Crippen LogP contribution in [0.3, 0.4) is 0 Å². The maximum atomic E-state index is 4.90. The van der Waals surface area contributed by atoms with Gasteiger partial charge in [0, 0.05) is 51.4 Å². The van der Waals surface area contributed by atoms with Gasteiger partial charge in [-0.25, -0.2) is 4.99 Å². The van der Waals surface area contributed by atoms with Crippen molar-refractivity contribution < 1.29 is 0 Å². The summed E-state index contributed by atoms with van der Waals surface area (Å²) in [5.74, 6) is 0.962. The second-order valence-corrected chi connectivity index (χ2v) is 10.0. The molecule has 32 heavy (non-hydrogen) atoms. The molecule has 0 aromatic heterocycles. The summed E-state index contributed by atoms with van der Waals surface area (Å²) in [4.78, 5) is 12.6. The molecule has 4 rings (SSSR count). The minimum atomic E-state index is 0.517. The van der Waals surface area contributed by atoms with Gasteiger partial charge in [-0.1, -0.05) is 37.1 Å². The van der Waals surface area contributed by atoms with Crippen LogP contribution in [0.2, 0.25) is 0 Å². The van der Waals surface area contributed by atoms with Gasteiger partial charge in [0.25, 0.3) is 0 Å². The van der Waals surface area contributed by atoms with Crippen molar-refractivity contribution in [2.45, 2.75) is 70.6 Å². The monoisotopic (exact) mass is 440 g/mol. The summed E-state index contributed by atoms with van der Waals surface area (Å²) >= 11 is 0. The molecular formula is C26H44N6. The van der Waals surface area contributed by atoms with Crippen LogP contribution in [0.15, 0.2) is 29.3 Å². The van der Waals surface area contributed by atoms with E-state index in [1.54, 1.807) is 0 Å². The van der Waals surface area contributed by atoms with Crippen molar-refractivity contribution in [1.82, 2.24) is 25.3 Å². The van der Waals surface area contributed by atoms with E-state index in [-0.39, 0.29) is 0 Å². The molecule has 1 saturated carbocycles. The molecule has 2 aliphatic heterocycles. The molecule has 2 N–H and O–H groups in total. The first kappa shape index (κ1) is 23.5. The fourth-order valence-corrected chi connectivity index (χ4v) is 5.46. The third kappa shape index (κ3) is 6.93. The van der Waals surface area contributed by atoms with E-state index in [1.165, 1.54) is 82.4 Å². The van der Waals surface area contributed by atoms with E-state index in [1.807, 2.05) is 0 Å². The lowest BCUT2D eigenvalue weighted by Crippen LogP contribution is -2.45. The normalized spacial score (nSPS) is 24.7. The van der Waals surface area contributed by atoms with E-state index in [0.717, 1.165) is 38.2 Å². The predicted molar refractivity (Wildman–Crippen MR) is 134 cm³/mol. The Balaban J connectivity index is 1.26. The summed E-state index contributed by atoms with van der Waals surface area (Å²) in [5.41, 5.74) is 2.69. The van der Waals surface area contributed by atoms with Crippen LogP contribution < -0.4 is 10.6 Å². The van der Waals surface area contributed by atoms with Crippen molar-refractivity contribution in [2.24, 2.45) is 4.99 Å². The van der Waals surface area contributed by atoms with Crippen LogP contribution in [0.25, 0.3) is 0 Å². The zero-order valence-corrected chi connectivity index (χ0v) is 20.4. The van der Waals surface area contributed by atoms with Crippen molar-refractivity contribution in [2.75, 3.05) is 52.9 Å². The Morgan fingerprint density at radius 2 is 1.72 bits per heavy atom. The maximum Gasteiger partial charge on any atom is 0.191 e. The Hall–Kier alpha value is -1.63. The number of hydrogen-bond acceptors (Lipinski definition) is 4. The minimum Gasteiger partial charge on any atom is -0.357 e. The topological polar surface area (TPSA) is 46.1 Å². The Labute approximate surface area is 195 Å². The molecule has 1 aromatic carbocycles. The van der Waals surface area contributed by atoms with Gasteiger partial charge in [-0.05, 0) is 63.9 Å². The molecule has 2 heterocycles. The highest BCUT2D eigenvalue weighted by Crippen LogP contribution is 2.26. The molecule has 0 spiro atoms. The van der Waals surface area contributed by atoms with E-state index < -0.39 is 0 Å². The summed E-state index contributed by atoms with van der Waals surface area (Å²) in [5, 5.41) is 7.15. The first-order valence-electron chi connectivity index (χ1n) is 13.0. The number of guanidine groups is 1. The van der Waals surface area contributed by atoms with Crippen LogP contribution >= 0.6 is 0 Å². The number of aliphatic imine (C=N–C) groups is 1. The Morgan fingerprint density at radius 3 is 2.50 bits per heavy atom. The molecule has 2 saturated heterocycles. The smallest absolute Gasteiger partial charge is 0.191 e. The lowest BCUT2D eigenvalue weighted by Gasteiger charge is -2.24. The molecule has 3 fully saturated rings. The second kappa shape index (κ2) is 12.0. The fraction of sp³-hybridized carbons (Fsp3) is 0.731. The van der Waals surface area contributed by atoms with Gasteiger partial charge in [0.1, 0.15) is 0 Å². The van der Waals surface area contributed by atoms with Gasteiger partial charge >= 0.3 is 0 Å².